The van der Waals surface area contributed by atoms with E-state index in [1.807, 2.05) is 48.5 Å². The minimum atomic E-state index is -0.658. The molecular weight excluding hydrogens is 250 g/mol. The molecule has 1 aliphatic heterocycles. The van der Waals surface area contributed by atoms with Crippen LogP contribution in [-0.2, 0) is 11.2 Å². The molecule has 0 spiro atoms. The van der Waals surface area contributed by atoms with Crippen molar-refractivity contribution in [3.8, 4) is 0 Å². The maximum Gasteiger partial charge on any atom is 0.254 e. The molecule has 0 unspecified atom stereocenters. The molecular formula is C17H15NO2. The van der Waals surface area contributed by atoms with Crippen molar-refractivity contribution in [1.29, 1.82) is 0 Å². The summed E-state index contributed by atoms with van der Waals surface area (Å²) in [6.45, 7) is 0.499. The summed E-state index contributed by atoms with van der Waals surface area (Å²) in [6, 6.07) is 18.9. The first-order valence-electron chi connectivity index (χ1n) is 6.62. The third-order valence-electron chi connectivity index (χ3n) is 3.70. The molecule has 0 aliphatic carbocycles. The Labute approximate surface area is 117 Å². The number of nitrogens with zero attached hydrogens (tertiary/aromatic N) is 1. The van der Waals surface area contributed by atoms with Gasteiger partial charge in [-0.3, -0.25) is 4.79 Å². The Hall–Kier alpha value is -2.42. The fourth-order valence-electron chi connectivity index (χ4n) is 2.49. The van der Waals surface area contributed by atoms with Crippen LogP contribution in [0.4, 0.5) is 0 Å². The quantitative estimate of drug-likeness (QED) is 0.628. The van der Waals surface area contributed by atoms with Gasteiger partial charge >= 0.3 is 0 Å². The predicted octanol–water partition coefficient (Wildman–Crippen LogP) is 2.32. The van der Waals surface area contributed by atoms with E-state index in [0.717, 1.165) is 11.8 Å². The van der Waals surface area contributed by atoms with E-state index in [-0.39, 0.29) is 5.91 Å². The summed E-state index contributed by atoms with van der Waals surface area (Å²) < 4.78 is 0. The zero-order chi connectivity index (χ0) is 14.0. The van der Waals surface area contributed by atoms with Gasteiger partial charge in [-0.25, -0.2) is 0 Å². The summed E-state index contributed by atoms with van der Waals surface area (Å²) in [7, 11) is 0. The Bertz CT molecular complexity index is 624. The maximum atomic E-state index is 12.3. The van der Waals surface area contributed by atoms with Crippen LogP contribution in [0.2, 0.25) is 0 Å². The first-order chi connectivity index (χ1) is 9.75. The predicted molar refractivity (Wildman–Crippen MR) is 76.4 cm³/mol. The summed E-state index contributed by atoms with van der Waals surface area (Å²) in [5.41, 5.74) is 1.04. The maximum absolute atomic E-state index is 12.3. The van der Waals surface area contributed by atoms with E-state index in [4.69, 9.17) is 0 Å². The second-order valence-electron chi connectivity index (χ2n) is 5.14. The van der Waals surface area contributed by atoms with E-state index < -0.39 is 5.54 Å². The second-order valence-corrected chi connectivity index (χ2v) is 5.14. The highest BCUT2D eigenvalue weighted by Crippen LogP contribution is 2.35. The SMILES string of the molecule is O=C[C@@]1(Cc2ccccc2)CN1C(=O)c1ccccc1. The molecule has 1 amide bonds. The summed E-state index contributed by atoms with van der Waals surface area (Å²) in [5, 5.41) is 0. The molecule has 0 bridgehead atoms. The summed E-state index contributed by atoms with van der Waals surface area (Å²) in [4.78, 5) is 25.4. The summed E-state index contributed by atoms with van der Waals surface area (Å²) in [6.07, 6.45) is 1.48. The molecule has 1 saturated heterocycles. The smallest absolute Gasteiger partial charge is 0.254 e. The Morgan fingerprint density at radius 2 is 1.65 bits per heavy atom. The molecule has 1 aliphatic rings. The van der Waals surface area contributed by atoms with Gasteiger partial charge in [0, 0.05) is 12.0 Å². The first-order valence-corrected chi connectivity index (χ1v) is 6.62. The largest absolute Gasteiger partial charge is 0.321 e. The Morgan fingerprint density at radius 1 is 1.05 bits per heavy atom. The standard InChI is InChI=1S/C17H15NO2/c19-13-17(11-14-7-3-1-4-8-14)12-18(17)16(20)15-9-5-2-6-10-15/h1-10,13H,11-12H2/t17-,18?/m1/s1. The van der Waals surface area contributed by atoms with Crippen LogP contribution in [0.3, 0.4) is 0 Å². The summed E-state index contributed by atoms with van der Waals surface area (Å²) in [5.74, 6) is -0.0753. The van der Waals surface area contributed by atoms with Gasteiger partial charge in [0.25, 0.3) is 5.91 Å². The number of rotatable bonds is 4. The lowest BCUT2D eigenvalue weighted by molar-refractivity contribution is -0.110. The normalized spacial score (nSPS) is 20.5. The third kappa shape index (κ3) is 2.23. The molecule has 3 nitrogen and oxygen atoms in total. The Balaban J connectivity index is 1.78. The molecule has 1 heterocycles. The van der Waals surface area contributed by atoms with Crippen LogP contribution in [0.25, 0.3) is 0 Å². The van der Waals surface area contributed by atoms with Crippen LogP contribution in [0.5, 0.6) is 0 Å². The van der Waals surface area contributed by atoms with E-state index in [9.17, 15) is 9.59 Å². The molecule has 0 radical (unpaired) electrons. The fourth-order valence-corrected chi connectivity index (χ4v) is 2.49. The molecule has 20 heavy (non-hydrogen) atoms. The van der Waals surface area contributed by atoms with Gasteiger partial charge in [-0.05, 0) is 17.7 Å². The molecule has 3 heteroatoms. The fraction of sp³-hybridized carbons (Fsp3) is 0.176. The Kier molecular flexibility index (Phi) is 3.11. The van der Waals surface area contributed by atoms with E-state index in [2.05, 4.69) is 0 Å². The highest BCUT2D eigenvalue weighted by molar-refractivity contribution is 5.99. The van der Waals surface area contributed by atoms with Crippen LogP contribution < -0.4 is 0 Å². The molecule has 100 valence electrons. The molecule has 1 fully saturated rings. The zero-order valence-electron chi connectivity index (χ0n) is 11.0. The van der Waals surface area contributed by atoms with Crippen molar-refractivity contribution in [2.75, 3.05) is 6.54 Å². The highest BCUT2D eigenvalue weighted by atomic mass is 16.2. The molecule has 0 saturated carbocycles. The van der Waals surface area contributed by atoms with Gasteiger partial charge in [0.15, 0.2) is 0 Å². The minimum absolute atomic E-state index is 0.0753. The van der Waals surface area contributed by atoms with Gasteiger partial charge in [0.2, 0.25) is 0 Å². The van der Waals surface area contributed by atoms with E-state index in [1.54, 1.807) is 17.0 Å². The van der Waals surface area contributed by atoms with Crippen LogP contribution in [0, 0.1) is 0 Å². The van der Waals surface area contributed by atoms with E-state index >= 15 is 0 Å². The number of carbonyl (C=O) groups excluding carboxylic acids is 2. The van der Waals surface area contributed by atoms with Crippen molar-refractivity contribution in [3.63, 3.8) is 0 Å². The Morgan fingerprint density at radius 3 is 2.25 bits per heavy atom. The van der Waals surface area contributed by atoms with Crippen molar-refractivity contribution in [2.24, 2.45) is 0 Å². The number of carbonyl (C=O) groups is 2. The monoisotopic (exact) mass is 265 g/mol. The second kappa shape index (κ2) is 4.93. The number of hydrogen-bond donors (Lipinski definition) is 0. The van der Waals surface area contributed by atoms with Gasteiger partial charge in [-0.15, -0.1) is 0 Å². The molecule has 1 atom stereocenters. The van der Waals surface area contributed by atoms with Crippen molar-refractivity contribution >= 4 is 12.2 Å². The third-order valence-corrected chi connectivity index (χ3v) is 3.70. The lowest BCUT2D eigenvalue weighted by Gasteiger charge is -2.11. The number of hydrogen-bond acceptors (Lipinski definition) is 2. The molecule has 2 aromatic carbocycles. The van der Waals surface area contributed by atoms with Crippen molar-refractivity contribution in [3.05, 3.63) is 71.8 Å². The van der Waals surface area contributed by atoms with Crippen molar-refractivity contribution < 1.29 is 9.59 Å². The van der Waals surface area contributed by atoms with Crippen LogP contribution >= 0.6 is 0 Å². The number of benzene rings is 2. The molecule has 0 aromatic heterocycles. The lowest BCUT2D eigenvalue weighted by Crippen LogP contribution is -2.27. The van der Waals surface area contributed by atoms with Crippen LogP contribution in [-0.4, -0.2) is 29.2 Å². The van der Waals surface area contributed by atoms with Crippen molar-refractivity contribution in [2.45, 2.75) is 12.0 Å². The lowest BCUT2D eigenvalue weighted by atomic mass is 10.0. The molecule has 2 aromatic rings. The number of aldehydes is 1. The number of amides is 1. The van der Waals surface area contributed by atoms with Gasteiger partial charge in [-0.1, -0.05) is 48.5 Å². The molecule has 3 rings (SSSR count). The summed E-state index contributed by atoms with van der Waals surface area (Å²) >= 11 is 0. The van der Waals surface area contributed by atoms with Gasteiger partial charge < -0.3 is 9.69 Å². The van der Waals surface area contributed by atoms with Gasteiger partial charge in [-0.2, -0.15) is 0 Å². The van der Waals surface area contributed by atoms with Crippen LogP contribution in [0.15, 0.2) is 60.7 Å². The van der Waals surface area contributed by atoms with Crippen molar-refractivity contribution in [1.82, 2.24) is 4.90 Å². The van der Waals surface area contributed by atoms with Gasteiger partial charge in [0.1, 0.15) is 11.8 Å². The minimum Gasteiger partial charge on any atom is -0.321 e. The van der Waals surface area contributed by atoms with Gasteiger partial charge in [0.05, 0.1) is 6.54 Å². The molecule has 0 N–H and O–H groups in total. The zero-order valence-corrected chi connectivity index (χ0v) is 11.0. The highest BCUT2D eigenvalue weighted by Gasteiger charge is 2.55. The first kappa shape index (κ1) is 12.6. The van der Waals surface area contributed by atoms with Crippen LogP contribution in [0.1, 0.15) is 15.9 Å². The average Bonchev–Trinajstić information content (AvgIpc) is 3.23. The van der Waals surface area contributed by atoms with E-state index in [0.29, 0.717) is 18.5 Å². The van der Waals surface area contributed by atoms with E-state index in [1.165, 1.54) is 0 Å². The average molecular weight is 265 g/mol. The topological polar surface area (TPSA) is 37.1 Å².